The summed E-state index contributed by atoms with van der Waals surface area (Å²) in [5.41, 5.74) is 2.63. The maximum absolute atomic E-state index is 14.5. The SMILES string of the molecule is CSCCC(NC(=O)OC(C)(C)C)C(=O)N(C(C)CCC(C)C)C(C(=O)Nc1ccccc1C)c1cccc(C)c1. The zero-order valence-corrected chi connectivity index (χ0v) is 27.1. The van der Waals surface area contributed by atoms with Gasteiger partial charge in [0.25, 0.3) is 5.91 Å². The largest absolute Gasteiger partial charge is 0.444 e. The van der Waals surface area contributed by atoms with E-state index in [1.165, 1.54) is 0 Å². The first kappa shape index (κ1) is 34.2. The lowest BCUT2D eigenvalue weighted by Gasteiger charge is -2.39. The van der Waals surface area contributed by atoms with Crippen LogP contribution in [0, 0.1) is 19.8 Å². The summed E-state index contributed by atoms with van der Waals surface area (Å²) in [5, 5.41) is 5.91. The monoisotopic (exact) mass is 583 g/mol. The van der Waals surface area contributed by atoms with Crippen LogP contribution >= 0.6 is 11.8 Å². The Bertz CT molecular complexity index is 1160. The third-order valence-corrected chi connectivity index (χ3v) is 7.42. The summed E-state index contributed by atoms with van der Waals surface area (Å²) in [4.78, 5) is 43.3. The van der Waals surface area contributed by atoms with Gasteiger partial charge in [0, 0.05) is 11.7 Å². The van der Waals surface area contributed by atoms with Gasteiger partial charge in [0.1, 0.15) is 17.7 Å². The predicted molar refractivity (Wildman–Crippen MR) is 170 cm³/mol. The first-order valence-electron chi connectivity index (χ1n) is 14.5. The van der Waals surface area contributed by atoms with Crippen LogP contribution in [0.1, 0.15) is 83.5 Å². The van der Waals surface area contributed by atoms with Crippen LogP contribution in [0.3, 0.4) is 0 Å². The minimum Gasteiger partial charge on any atom is -0.444 e. The molecule has 0 saturated carbocycles. The number of rotatable bonds is 13. The van der Waals surface area contributed by atoms with Gasteiger partial charge in [-0.05, 0) is 95.9 Å². The molecule has 41 heavy (non-hydrogen) atoms. The Kier molecular flexibility index (Phi) is 13.2. The predicted octanol–water partition coefficient (Wildman–Crippen LogP) is 7.28. The Morgan fingerprint density at radius 3 is 2.22 bits per heavy atom. The Hall–Kier alpha value is -3.00. The van der Waals surface area contributed by atoms with Crippen LogP contribution in [0.5, 0.6) is 0 Å². The summed E-state index contributed by atoms with van der Waals surface area (Å²) in [7, 11) is 0. The van der Waals surface area contributed by atoms with Gasteiger partial charge in [0.15, 0.2) is 0 Å². The molecule has 8 heteroatoms. The molecule has 2 aromatic carbocycles. The maximum atomic E-state index is 14.5. The third kappa shape index (κ3) is 11.1. The molecule has 0 aromatic heterocycles. The van der Waals surface area contributed by atoms with E-state index in [1.54, 1.807) is 37.4 Å². The van der Waals surface area contributed by atoms with Crippen LogP contribution in [0.25, 0.3) is 0 Å². The summed E-state index contributed by atoms with van der Waals surface area (Å²) in [6, 6.07) is 13.3. The molecule has 7 nitrogen and oxygen atoms in total. The van der Waals surface area contributed by atoms with Crippen molar-refractivity contribution < 1.29 is 19.1 Å². The number of anilines is 1. The van der Waals surface area contributed by atoms with Crippen molar-refractivity contribution >= 4 is 35.4 Å². The number of carbonyl (C=O) groups excluding carboxylic acids is 3. The van der Waals surface area contributed by atoms with Crippen molar-refractivity contribution in [2.24, 2.45) is 5.92 Å². The molecule has 226 valence electrons. The number of thioether (sulfide) groups is 1. The minimum atomic E-state index is -0.901. The average Bonchev–Trinajstić information content (AvgIpc) is 2.88. The highest BCUT2D eigenvalue weighted by molar-refractivity contribution is 7.98. The molecule has 0 spiro atoms. The van der Waals surface area contributed by atoms with Crippen LogP contribution in [0.2, 0.25) is 0 Å². The molecule has 0 saturated heterocycles. The number of ether oxygens (including phenoxy) is 1. The Morgan fingerprint density at radius 2 is 1.63 bits per heavy atom. The number of nitrogens with zero attached hydrogens (tertiary/aromatic N) is 1. The lowest BCUT2D eigenvalue weighted by atomic mass is 9.96. The Balaban J connectivity index is 2.62. The van der Waals surface area contributed by atoms with Crippen molar-refractivity contribution in [2.45, 2.75) is 98.4 Å². The molecule has 2 rings (SSSR count). The van der Waals surface area contributed by atoms with Crippen LogP contribution in [0.4, 0.5) is 10.5 Å². The fourth-order valence-corrected chi connectivity index (χ4v) is 5.10. The fraction of sp³-hybridized carbons (Fsp3) is 0.545. The number of benzene rings is 2. The summed E-state index contributed by atoms with van der Waals surface area (Å²) >= 11 is 1.60. The number of hydrogen-bond acceptors (Lipinski definition) is 5. The molecular formula is C33H49N3O4S. The second-order valence-electron chi connectivity index (χ2n) is 12.2. The van der Waals surface area contributed by atoms with Gasteiger partial charge in [-0.2, -0.15) is 11.8 Å². The minimum absolute atomic E-state index is 0.268. The topological polar surface area (TPSA) is 87.7 Å². The molecule has 0 fully saturated rings. The molecular weight excluding hydrogens is 534 g/mol. The van der Waals surface area contributed by atoms with Gasteiger partial charge in [0.05, 0.1) is 0 Å². The number of carbonyl (C=O) groups is 3. The van der Waals surface area contributed by atoms with Crippen molar-refractivity contribution in [3.63, 3.8) is 0 Å². The number of aryl methyl sites for hydroxylation is 2. The van der Waals surface area contributed by atoms with E-state index in [2.05, 4.69) is 24.5 Å². The van der Waals surface area contributed by atoms with Crippen molar-refractivity contribution in [3.05, 3.63) is 65.2 Å². The van der Waals surface area contributed by atoms with E-state index in [4.69, 9.17) is 4.74 Å². The number of hydrogen-bond donors (Lipinski definition) is 2. The normalized spacial score (nSPS) is 13.7. The van der Waals surface area contributed by atoms with E-state index in [0.717, 1.165) is 23.1 Å². The van der Waals surface area contributed by atoms with Gasteiger partial charge < -0.3 is 20.3 Å². The second-order valence-corrected chi connectivity index (χ2v) is 13.2. The van der Waals surface area contributed by atoms with E-state index < -0.39 is 23.8 Å². The van der Waals surface area contributed by atoms with Crippen LogP contribution < -0.4 is 10.6 Å². The maximum Gasteiger partial charge on any atom is 0.408 e. The number of alkyl carbamates (subject to hydrolysis) is 1. The number of nitrogens with one attached hydrogen (secondary N) is 2. The molecule has 0 radical (unpaired) electrons. The molecule has 3 atom stereocenters. The van der Waals surface area contributed by atoms with Crippen molar-refractivity contribution in [3.8, 4) is 0 Å². The van der Waals surface area contributed by atoms with Crippen molar-refractivity contribution in [2.75, 3.05) is 17.3 Å². The summed E-state index contributed by atoms with van der Waals surface area (Å²) in [6.45, 7) is 15.6. The van der Waals surface area contributed by atoms with Crippen LogP contribution in [-0.4, -0.2) is 52.5 Å². The van der Waals surface area contributed by atoms with E-state index in [-0.39, 0.29) is 17.9 Å². The molecule has 0 aliphatic rings. The fourth-order valence-electron chi connectivity index (χ4n) is 4.63. The Morgan fingerprint density at radius 1 is 0.951 bits per heavy atom. The molecule has 2 N–H and O–H groups in total. The second kappa shape index (κ2) is 15.9. The molecule has 0 aliphatic heterocycles. The highest BCUT2D eigenvalue weighted by Crippen LogP contribution is 2.30. The van der Waals surface area contributed by atoms with Crippen LogP contribution in [0.15, 0.2) is 48.5 Å². The van der Waals surface area contributed by atoms with E-state index in [0.29, 0.717) is 30.2 Å². The lowest BCUT2D eigenvalue weighted by Crippen LogP contribution is -2.55. The zero-order valence-electron chi connectivity index (χ0n) is 26.2. The summed E-state index contributed by atoms with van der Waals surface area (Å²) < 4.78 is 5.51. The highest BCUT2D eigenvalue weighted by atomic mass is 32.2. The van der Waals surface area contributed by atoms with Crippen LogP contribution in [-0.2, 0) is 14.3 Å². The Labute approximate surface area is 251 Å². The van der Waals surface area contributed by atoms with Gasteiger partial charge >= 0.3 is 6.09 Å². The third-order valence-electron chi connectivity index (χ3n) is 6.78. The molecule has 0 bridgehead atoms. The van der Waals surface area contributed by atoms with Gasteiger partial charge in [-0.3, -0.25) is 9.59 Å². The molecule has 0 aliphatic carbocycles. The zero-order chi connectivity index (χ0) is 30.7. The lowest BCUT2D eigenvalue weighted by molar-refractivity contribution is -0.143. The molecule has 3 amide bonds. The van der Waals surface area contributed by atoms with E-state index in [9.17, 15) is 14.4 Å². The summed E-state index contributed by atoms with van der Waals surface area (Å²) in [6.07, 6.45) is 3.32. The molecule has 2 aromatic rings. The highest BCUT2D eigenvalue weighted by Gasteiger charge is 2.39. The summed E-state index contributed by atoms with van der Waals surface area (Å²) in [5.74, 6) is 0.494. The molecule has 0 heterocycles. The first-order chi connectivity index (χ1) is 19.2. The van der Waals surface area contributed by atoms with Gasteiger partial charge in [-0.1, -0.05) is 61.9 Å². The van der Waals surface area contributed by atoms with Gasteiger partial charge in [0.2, 0.25) is 5.91 Å². The number of amides is 3. The average molecular weight is 584 g/mol. The smallest absolute Gasteiger partial charge is 0.408 e. The van der Waals surface area contributed by atoms with E-state index >= 15 is 0 Å². The first-order valence-corrected chi connectivity index (χ1v) is 15.9. The van der Waals surface area contributed by atoms with Crippen molar-refractivity contribution in [1.82, 2.24) is 10.2 Å². The van der Waals surface area contributed by atoms with Gasteiger partial charge in [-0.25, -0.2) is 4.79 Å². The van der Waals surface area contributed by atoms with Gasteiger partial charge in [-0.15, -0.1) is 0 Å². The van der Waals surface area contributed by atoms with E-state index in [1.807, 2.05) is 75.6 Å². The quantitative estimate of drug-likeness (QED) is 0.259. The number of para-hydroxylation sites is 1. The standard InChI is InChI=1S/C33H49N3O4S/c1-22(2)17-18-25(5)36(31(38)28(19-20-41-9)35-32(39)40-33(6,7)8)29(26-15-12-13-23(3)21-26)30(37)34-27-16-11-10-14-24(27)4/h10-16,21-22,25,28-29H,17-20H2,1-9H3,(H,34,37)(H,35,39). The molecule has 3 unspecified atom stereocenters. The van der Waals surface area contributed by atoms with Crippen molar-refractivity contribution in [1.29, 1.82) is 0 Å².